The van der Waals surface area contributed by atoms with Crippen LogP contribution in [0.2, 0.25) is 0 Å². The van der Waals surface area contributed by atoms with Gasteiger partial charge in [0.05, 0.1) is 12.7 Å². The van der Waals surface area contributed by atoms with E-state index in [0.717, 1.165) is 5.56 Å². The van der Waals surface area contributed by atoms with E-state index < -0.39 is 5.60 Å². The van der Waals surface area contributed by atoms with Crippen molar-refractivity contribution in [2.45, 2.75) is 32.9 Å². The zero-order valence-corrected chi connectivity index (χ0v) is 10.7. The number of methoxy groups -OCH3 is 1. The van der Waals surface area contributed by atoms with E-state index in [4.69, 9.17) is 15.2 Å². The minimum Gasteiger partial charge on any atom is -0.496 e. The fraction of sp³-hybridized carbons (Fsp3) is 0.462. The van der Waals surface area contributed by atoms with Gasteiger partial charge in [0, 0.05) is 12.1 Å². The van der Waals surface area contributed by atoms with Crippen LogP contribution in [-0.4, -0.2) is 18.7 Å². The first-order valence-electron chi connectivity index (χ1n) is 5.47. The summed E-state index contributed by atoms with van der Waals surface area (Å²) in [6.45, 7) is 5.81. The highest BCUT2D eigenvalue weighted by Gasteiger charge is 2.18. The highest BCUT2D eigenvalue weighted by atomic mass is 16.6. The predicted molar refractivity (Wildman–Crippen MR) is 66.1 cm³/mol. The van der Waals surface area contributed by atoms with Crippen LogP contribution in [0.4, 0.5) is 0 Å². The molecule has 1 aromatic rings. The largest absolute Gasteiger partial charge is 0.496 e. The van der Waals surface area contributed by atoms with Crippen LogP contribution in [0.5, 0.6) is 5.75 Å². The summed E-state index contributed by atoms with van der Waals surface area (Å²) in [4.78, 5) is 11.8. The van der Waals surface area contributed by atoms with Crippen LogP contribution in [0.1, 0.15) is 36.7 Å². The topological polar surface area (TPSA) is 61.5 Å². The SMILES string of the molecule is COc1ccc(C(=O)OC(C)(C)C)cc1CN. The predicted octanol–water partition coefficient (Wildman–Crippen LogP) is 2.11. The van der Waals surface area contributed by atoms with E-state index in [9.17, 15) is 4.79 Å². The molecule has 2 N–H and O–H groups in total. The van der Waals surface area contributed by atoms with Gasteiger partial charge < -0.3 is 15.2 Å². The number of hydrogen-bond acceptors (Lipinski definition) is 4. The number of esters is 1. The molecule has 0 fully saturated rings. The van der Waals surface area contributed by atoms with Crippen LogP contribution < -0.4 is 10.5 Å². The molecule has 1 rings (SSSR count). The molecule has 0 unspecified atom stereocenters. The molecule has 94 valence electrons. The summed E-state index contributed by atoms with van der Waals surface area (Å²) < 4.78 is 10.4. The van der Waals surface area contributed by atoms with Crippen molar-refractivity contribution in [3.63, 3.8) is 0 Å². The molecule has 0 heterocycles. The fourth-order valence-corrected chi connectivity index (χ4v) is 1.40. The number of rotatable bonds is 3. The molecule has 0 amide bonds. The monoisotopic (exact) mass is 237 g/mol. The second-order valence-corrected chi connectivity index (χ2v) is 4.73. The molecule has 0 aliphatic heterocycles. The highest BCUT2D eigenvalue weighted by Crippen LogP contribution is 2.21. The molecule has 0 saturated carbocycles. The lowest BCUT2D eigenvalue weighted by Crippen LogP contribution is -2.24. The van der Waals surface area contributed by atoms with Gasteiger partial charge in [0.2, 0.25) is 0 Å². The zero-order chi connectivity index (χ0) is 13.1. The third-order valence-corrected chi connectivity index (χ3v) is 2.13. The Labute approximate surface area is 102 Å². The number of carbonyl (C=O) groups excluding carboxylic acids is 1. The number of nitrogens with two attached hydrogens (primary N) is 1. The van der Waals surface area contributed by atoms with Crippen LogP contribution in [0.25, 0.3) is 0 Å². The average Bonchev–Trinajstić information content (AvgIpc) is 2.25. The fourth-order valence-electron chi connectivity index (χ4n) is 1.40. The Morgan fingerprint density at radius 2 is 2.00 bits per heavy atom. The second kappa shape index (κ2) is 5.19. The Bertz CT molecular complexity index is 408. The van der Waals surface area contributed by atoms with Crippen molar-refractivity contribution in [2.75, 3.05) is 7.11 Å². The summed E-state index contributed by atoms with van der Waals surface area (Å²) in [5.41, 5.74) is 6.37. The van der Waals surface area contributed by atoms with E-state index >= 15 is 0 Å². The van der Waals surface area contributed by atoms with E-state index in [1.54, 1.807) is 25.3 Å². The van der Waals surface area contributed by atoms with Crippen molar-refractivity contribution in [2.24, 2.45) is 5.73 Å². The van der Waals surface area contributed by atoms with Gasteiger partial charge in [-0.1, -0.05) is 0 Å². The Hall–Kier alpha value is -1.55. The zero-order valence-electron chi connectivity index (χ0n) is 10.7. The van der Waals surface area contributed by atoms with E-state index in [1.807, 2.05) is 20.8 Å². The Kier molecular flexibility index (Phi) is 4.12. The van der Waals surface area contributed by atoms with Gasteiger partial charge in [0.15, 0.2) is 0 Å². The van der Waals surface area contributed by atoms with Crippen molar-refractivity contribution in [3.05, 3.63) is 29.3 Å². The molecule has 4 heteroatoms. The van der Waals surface area contributed by atoms with Crippen molar-refractivity contribution in [3.8, 4) is 5.75 Å². The van der Waals surface area contributed by atoms with E-state index in [2.05, 4.69) is 0 Å². The van der Waals surface area contributed by atoms with Gasteiger partial charge in [0.1, 0.15) is 11.4 Å². The Morgan fingerprint density at radius 3 is 2.47 bits per heavy atom. The van der Waals surface area contributed by atoms with Gasteiger partial charge in [-0.25, -0.2) is 4.79 Å². The van der Waals surface area contributed by atoms with Crippen LogP contribution in [0, 0.1) is 0 Å². The molecule has 0 aliphatic rings. The molecular formula is C13H19NO3. The first kappa shape index (κ1) is 13.5. The lowest BCUT2D eigenvalue weighted by Gasteiger charge is -2.19. The number of ether oxygens (including phenoxy) is 2. The normalized spacial score (nSPS) is 11.1. The van der Waals surface area contributed by atoms with Gasteiger partial charge in [-0.05, 0) is 39.0 Å². The maximum atomic E-state index is 11.8. The maximum absolute atomic E-state index is 11.8. The smallest absolute Gasteiger partial charge is 0.338 e. The lowest BCUT2D eigenvalue weighted by atomic mass is 10.1. The first-order valence-corrected chi connectivity index (χ1v) is 5.47. The van der Waals surface area contributed by atoms with Crippen molar-refractivity contribution < 1.29 is 14.3 Å². The summed E-state index contributed by atoms with van der Waals surface area (Å²) >= 11 is 0. The molecule has 0 aliphatic carbocycles. The first-order chi connectivity index (χ1) is 7.87. The van der Waals surface area contributed by atoms with Crippen LogP contribution in [-0.2, 0) is 11.3 Å². The number of benzene rings is 1. The summed E-state index contributed by atoms with van der Waals surface area (Å²) in [6.07, 6.45) is 0. The third-order valence-electron chi connectivity index (χ3n) is 2.13. The molecule has 17 heavy (non-hydrogen) atoms. The standard InChI is InChI=1S/C13H19NO3/c1-13(2,3)17-12(15)9-5-6-11(16-4)10(7-9)8-14/h5-7H,8,14H2,1-4H3. The number of hydrogen-bond donors (Lipinski definition) is 1. The molecular weight excluding hydrogens is 218 g/mol. The minimum absolute atomic E-state index is 0.319. The summed E-state index contributed by atoms with van der Waals surface area (Å²) in [6, 6.07) is 5.10. The maximum Gasteiger partial charge on any atom is 0.338 e. The van der Waals surface area contributed by atoms with E-state index in [0.29, 0.717) is 17.9 Å². The molecule has 0 aromatic heterocycles. The van der Waals surface area contributed by atoms with Gasteiger partial charge in [-0.15, -0.1) is 0 Å². The molecule has 0 bridgehead atoms. The Morgan fingerprint density at radius 1 is 1.35 bits per heavy atom. The molecule has 0 atom stereocenters. The van der Waals surface area contributed by atoms with Gasteiger partial charge in [-0.3, -0.25) is 0 Å². The van der Waals surface area contributed by atoms with E-state index in [-0.39, 0.29) is 5.97 Å². The van der Waals surface area contributed by atoms with Gasteiger partial charge in [-0.2, -0.15) is 0 Å². The summed E-state index contributed by atoms with van der Waals surface area (Å²) in [7, 11) is 1.57. The molecule has 1 aromatic carbocycles. The van der Waals surface area contributed by atoms with Crippen LogP contribution in [0.3, 0.4) is 0 Å². The Balaban J connectivity index is 2.96. The quantitative estimate of drug-likeness (QED) is 0.818. The van der Waals surface area contributed by atoms with Crippen molar-refractivity contribution >= 4 is 5.97 Å². The molecule has 0 radical (unpaired) electrons. The third kappa shape index (κ3) is 3.75. The average molecular weight is 237 g/mol. The second-order valence-electron chi connectivity index (χ2n) is 4.73. The lowest BCUT2D eigenvalue weighted by molar-refractivity contribution is 0.00694. The molecule has 4 nitrogen and oxygen atoms in total. The van der Waals surface area contributed by atoms with Crippen LogP contribution >= 0.6 is 0 Å². The van der Waals surface area contributed by atoms with Gasteiger partial charge in [0.25, 0.3) is 0 Å². The molecule has 0 saturated heterocycles. The highest BCUT2D eigenvalue weighted by molar-refractivity contribution is 5.90. The molecule has 0 spiro atoms. The summed E-state index contributed by atoms with van der Waals surface area (Å²) in [5.74, 6) is 0.328. The van der Waals surface area contributed by atoms with Crippen molar-refractivity contribution in [1.82, 2.24) is 0 Å². The minimum atomic E-state index is -0.500. The van der Waals surface area contributed by atoms with E-state index in [1.165, 1.54) is 0 Å². The van der Waals surface area contributed by atoms with Crippen molar-refractivity contribution in [1.29, 1.82) is 0 Å². The summed E-state index contributed by atoms with van der Waals surface area (Å²) in [5, 5.41) is 0. The van der Waals surface area contributed by atoms with Gasteiger partial charge >= 0.3 is 5.97 Å². The van der Waals surface area contributed by atoms with Crippen LogP contribution in [0.15, 0.2) is 18.2 Å². The number of carbonyl (C=O) groups is 1.